The number of nitrogens with one attached hydrogen (secondary N) is 1. The summed E-state index contributed by atoms with van der Waals surface area (Å²) >= 11 is 0. The van der Waals surface area contributed by atoms with Crippen molar-refractivity contribution in [1.82, 2.24) is 5.43 Å². The van der Waals surface area contributed by atoms with E-state index in [2.05, 4.69) is 5.43 Å². The highest BCUT2D eigenvalue weighted by Gasteiger charge is 2.17. The third kappa shape index (κ3) is 4.00. The lowest BCUT2D eigenvalue weighted by molar-refractivity contribution is -0.145. The number of esters is 1. The van der Waals surface area contributed by atoms with E-state index in [4.69, 9.17) is 10.6 Å². The molecule has 1 aromatic carbocycles. The van der Waals surface area contributed by atoms with Crippen molar-refractivity contribution >= 4 is 5.97 Å². The molecule has 88 valence electrons. The van der Waals surface area contributed by atoms with E-state index in [0.717, 1.165) is 6.42 Å². The second-order valence-electron chi connectivity index (χ2n) is 3.50. The van der Waals surface area contributed by atoms with Crippen molar-refractivity contribution in [3.05, 3.63) is 35.9 Å². The number of carbonyl (C=O) groups is 1. The molecule has 0 amide bonds. The topological polar surface area (TPSA) is 64.3 Å². The van der Waals surface area contributed by atoms with Gasteiger partial charge < -0.3 is 4.74 Å². The zero-order valence-corrected chi connectivity index (χ0v) is 9.48. The van der Waals surface area contributed by atoms with Crippen LogP contribution in [0.25, 0.3) is 0 Å². The molecule has 0 spiro atoms. The van der Waals surface area contributed by atoms with Crippen LogP contribution >= 0.6 is 0 Å². The van der Waals surface area contributed by atoms with E-state index < -0.39 is 6.04 Å². The van der Waals surface area contributed by atoms with E-state index in [9.17, 15) is 4.79 Å². The van der Waals surface area contributed by atoms with Crippen molar-refractivity contribution in [2.24, 2.45) is 5.84 Å². The minimum Gasteiger partial charge on any atom is -0.465 e. The maximum Gasteiger partial charge on any atom is 0.324 e. The normalized spacial score (nSPS) is 12.1. The Balaban J connectivity index is 2.43. The first-order chi connectivity index (χ1) is 7.77. The number of hydrazine groups is 1. The van der Waals surface area contributed by atoms with Crippen LogP contribution in [0.2, 0.25) is 0 Å². The maximum atomic E-state index is 11.4. The van der Waals surface area contributed by atoms with Crippen LogP contribution in [0.5, 0.6) is 0 Å². The Morgan fingerprint density at radius 2 is 2.12 bits per heavy atom. The monoisotopic (exact) mass is 222 g/mol. The van der Waals surface area contributed by atoms with E-state index in [0.29, 0.717) is 13.0 Å². The molecule has 0 fully saturated rings. The minimum absolute atomic E-state index is 0.291. The third-order valence-corrected chi connectivity index (χ3v) is 2.34. The van der Waals surface area contributed by atoms with E-state index in [1.165, 1.54) is 5.56 Å². The number of benzene rings is 1. The zero-order valence-electron chi connectivity index (χ0n) is 9.48. The number of hydrogen-bond donors (Lipinski definition) is 2. The summed E-state index contributed by atoms with van der Waals surface area (Å²) in [6.07, 6.45) is 1.44. The SMILES string of the molecule is CCOC(=O)C(CCc1ccccc1)NN. The molecule has 1 aromatic rings. The standard InChI is InChI=1S/C12H18N2O2/c1-2-16-12(15)11(14-13)9-8-10-6-4-3-5-7-10/h3-7,11,14H,2,8-9,13H2,1H3. The van der Waals surface area contributed by atoms with Gasteiger partial charge in [-0.3, -0.25) is 10.6 Å². The second kappa shape index (κ2) is 6.98. The molecule has 0 aromatic heterocycles. The largest absolute Gasteiger partial charge is 0.465 e. The van der Waals surface area contributed by atoms with Gasteiger partial charge >= 0.3 is 5.97 Å². The summed E-state index contributed by atoms with van der Waals surface area (Å²) in [7, 11) is 0. The van der Waals surface area contributed by atoms with E-state index in [-0.39, 0.29) is 5.97 Å². The van der Waals surface area contributed by atoms with Crippen LogP contribution in [0.3, 0.4) is 0 Å². The number of carbonyl (C=O) groups excluding carboxylic acids is 1. The molecule has 0 aliphatic carbocycles. The molecular formula is C12H18N2O2. The maximum absolute atomic E-state index is 11.4. The lowest BCUT2D eigenvalue weighted by atomic mass is 10.1. The first-order valence-electron chi connectivity index (χ1n) is 5.44. The molecule has 0 bridgehead atoms. The molecule has 0 heterocycles. The van der Waals surface area contributed by atoms with E-state index in [1.807, 2.05) is 30.3 Å². The van der Waals surface area contributed by atoms with Crippen molar-refractivity contribution in [2.75, 3.05) is 6.61 Å². The number of nitrogens with two attached hydrogens (primary N) is 1. The Morgan fingerprint density at radius 1 is 1.44 bits per heavy atom. The average molecular weight is 222 g/mol. The summed E-state index contributed by atoms with van der Waals surface area (Å²) in [6.45, 7) is 2.16. The quantitative estimate of drug-likeness (QED) is 0.428. The lowest BCUT2D eigenvalue weighted by Crippen LogP contribution is -2.42. The molecule has 0 saturated carbocycles. The van der Waals surface area contributed by atoms with Crippen molar-refractivity contribution in [2.45, 2.75) is 25.8 Å². The summed E-state index contributed by atoms with van der Waals surface area (Å²) in [5.41, 5.74) is 3.67. The van der Waals surface area contributed by atoms with Crippen molar-refractivity contribution in [1.29, 1.82) is 0 Å². The van der Waals surface area contributed by atoms with Crippen LogP contribution < -0.4 is 11.3 Å². The van der Waals surface area contributed by atoms with Crippen LogP contribution in [0, 0.1) is 0 Å². The van der Waals surface area contributed by atoms with Crippen LogP contribution in [-0.4, -0.2) is 18.6 Å². The molecule has 0 radical (unpaired) electrons. The zero-order chi connectivity index (χ0) is 11.8. The first-order valence-corrected chi connectivity index (χ1v) is 5.44. The highest BCUT2D eigenvalue weighted by Crippen LogP contribution is 2.05. The van der Waals surface area contributed by atoms with Gasteiger partial charge in [-0.2, -0.15) is 0 Å². The molecule has 4 nitrogen and oxygen atoms in total. The lowest BCUT2D eigenvalue weighted by Gasteiger charge is -2.13. The summed E-state index contributed by atoms with van der Waals surface area (Å²) in [5, 5.41) is 0. The number of hydrogen-bond acceptors (Lipinski definition) is 4. The third-order valence-electron chi connectivity index (χ3n) is 2.34. The molecule has 0 aliphatic heterocycles. The molecule has 0 saturated heterocycles. The van der Waals surface area contributed by atoms with E-state index in [1.54, 1.807) is 6.92 Å². The van der Waals surface area contributed by atoms with Crippen LogP contribution in [0.15, 0.2) is 30.3 Å². The summed E-state index contributed by atoms with van der Waals surface area (Å²) in [4.78, 5) is 11.4. The van der Waals surface area contributed by atoms with Gasteiger partial charge in [0.2, 0.25) is 0 Å². The first kappa shape index (κ1) is 12.7. The van der Waals surface area contributed by atoms with Crippen molar-refractivity contribution < 1.29 is 9.53 Å². The van der Waals surface area contributed by atoms with Crippen LogP contribution in [0.1, 0.15) is 18.9 Å². The van der Waals surface area contributed by atoms with Crippen LogP contribution in [-0.2, 0) is 16.0 Å². The number of rotatable bonds is 6. The van der Waals surface area contributed by atoms with Gasteiger partial charge in [0.05, 0.1) is 6.61 Å². The highest BCUT2D eigenvalue weighted by molar-refractivity contribution is 5.75. The van der Waals surface area contributed by atoms with Crippen molar-refractivity contribution in [3.8, 4) is 0 Å². The summed E-state index contributed by atoms with van der Waals surface area (Å²) in [6, 6.07) is 9.54. The van der Waals surface area contributed by atoms with Gasteiger partial charge in [-0.1, -0.05) is 30.3 Å². The average Bonchev–Trinajstić information content (AvgIpc) is 2.31. The molecule has 3 N–H and O–H groups in total. The molecule has 4 heteroatoms. The molecule has 1 rings (SSSR count). The molecule has 1 atom stereocenters. The fourth-order valence-electron chi connectivity index (χ4n) is 1.47. The predicted molar refractivity (Wildman–Crippen MR) is 62.5 cm³/mol. The molecular weight excluding hydrogens is 204 g/mol. The van der Waals surface area contributed by atoms with Gasteiger partial charge in [-0.05, 0) is 25.3 Å². The van der Waals surface area contributed by atoms with Gasteiger partial charge in [0, 0.05) is 0 Å². The second-order valence-corrected chi connectivity index (χ2v) is 3.50. The Labute approximate surface area is 95.8 Å². The highest BCUT2D eigenvalue weighted by atomic mass is 16.5. The Bertz CT molecular complexity index is 314. The van der Waals surface area contributed by atoms with Crippen LogP contribution in [0.4, 0.5) is 0 Å². The molecule has 0 aliphatic rings. The van der Waals surface area contributed by atoms with Gasteiger partial charge in [-0.25, -0.2) is 5.43 Å². The van der Waals surface area contributed by atoms with E-state index >= 15 is 0 Å². The predicted octanol–water partition coefficient (Wildman–Crippen LogP) is 1.01. The van der Waals surface area contributed by atoms with Gasteiger partial charge in [0.25, 0.3) is 0 Å². The summed E-state index contributed by atoms with van der Waals surface area (Å²) < 4.78 is 4.90. The molecule has 16 heavy (non-hydrogen) atoms. The van der Waals surface area contributed by atoms with Gasteiger partial charge in [0.15, 0.2) is 0 Å². The van der Waals surface area contributed by atoms with Crippen molar-refractivity contribution in [3.63, 3.8) is 0 Å². The van der Waals surface area contributed by atoms with Gasteiger partial charge in [-0.15, -0.1) is 0 Å². The Morgan fingerprint density at radius 3 is 2.69 bits per heavy atom. The Kier molecular flexibility index (Phi) is 5.53. The molecule has 1 unspecified atom stereocenters. The minimum atomic E-state index is -0.430. The fraction of sp³-hybridized carbons (Fsp3) is 0.417. The number of ether oxygens (including phenoxy) is 1. The Hall–Kier alpha value is -1.39. The smallest absolute Gasteiger partial charge is 0.324 e. The van der Waals surface area contributed by atoms with Gasteiger partial charge in [0.1, 0.15) is 6.04 Å². The summed E-state index contributed by atoms with van der Waals surface area (Å²) in [5.74, 6) is 5.03. The fourth-order valence-corrected chi connectivity index (χ4v) is 1.47. The number of aryl methyl sites for hydroxylation is 1.